The van der Waals surface area contributed by atoms with Crippen molar-refractivity contribution in [1.29, 1.82) is 0 Å². The summed E-state index contributed by atoms with van der Waals surface area (Å²) >= 11 is 0. The van der Waals surface area contributed by atoms with Crippen LogP contribution in [0.4, 0.5) is 0 Å². The number of oxime groups is 1. The van der Waals surface area contributed by atoms with Gasteiger partial charge in [-0.2, -0.15) is 0 Å². The van der Waals surface area contributed by atoms with Gasteiger partial charge in [0.2, 0.25) is 0 Å². The highest BCUT2D eigenvalue weighted by molar-refractivity contribution is 6.00. The highest BCUT2D eigenvalue weighted by Gasteiger charge is 2.16. The number of hydrogen-bond donors (Lipinski definition) is 2. The van der Waals surface area contributed by atoms with Crippen molar-refractivity contribution in [3.63, 3.8) is 0 Å². The summed E-state index contributed by atoms with van der Waals surface area (Å²) in [5.41, 5.74) is 7.89. The van der Waals surface area contributed by atoms with E-state index in [0.29, 0.717) is 29.5 Å². The molecule has 0 saturated carbocycles. The molecule has 0 fully saturated rings. The highest BCUT2D eigenvalue weighted by atomic mass is 16.5. The number of rotatable bonds is 8. The van der Waals surface area contributed by atoms with E-state index in [1.54, 1.807) is 0 Å². The minimum Gasteiger partial charge on any atom is -0.492 e. The molecule has 0 aliphatic carbocycles. The second-order valence-electron chi connectivity index (χ2n) is 5.43. The van der Waals surface area contributed by atoms with Crippen molar-refractivity contribution < 1.29 is 9.94 Å². The Balaban J connectivity index is 2.91. The molecule has 5 nitrogen and oxygen atoms in total. The Bertz CT molecular complexity index is 487. The van der Waals surface area contributed by atoms with Crippen LogP contribution in [0.2, 0.25) is 0 Å². The third-order valence-corrected chi connectivity index (χ3v) is 3.67. The van der Waals surface area contributed by atoms with Crippen LogP contribution < -0.4 is 10.5 Å². The fourth-order valence-corrected chi connectivity index (χ4v) is 2.37. The Morgan fingerprint density at radius 2 is 2.14 bits per heavy atom. The van der Waals surface area contributed by atoms with Crippen molar-refractivity contribution in [1.82, 2.24) is 4.98 Å². The zero-order valence-corrected chi connectivity index (χ0v) is 13.5. The first-order valence-corrected chi connectivity index (χ1v) is 7.62. The number of aryl methyl sites for hydroxylation is 2. The van der Waals surface area contributed by atoms with Gasteiger partial charge in [-0.15, -0.1) is 0 Å². The molecule has 0 aliphatic heterocycles. The summed E-state index contributed by atoms with van der Waals surface area (Å²) in [6.07, 6.45) is 4.65. The van der Waals surface area contributed by atoms with Gasteiger partial charge in [-0.05, 0) is 26.2 Å². The quantitative estimate of drug-likeness (QED) is 0.333. The normalized spacial score (nSPS) is 13.2. The van der Waals surface area contributed by atoms with Gasteiger partial charge in [0, 0.05) is 11.8 Å². The van der Waals surface area contributed by atoms with Gasteiger partial charge < -0.3 is 15.7 Å². The SMILES string of the molecule is CCCCC(CC)COc1cc(C)nc(C)c1/C(N)=N/O. The largest absolute Gasteiger partial charge is 0.492 e. The van der Waals surface area contributed by atoms with Gasteiger partial charge in [0.25, 0.3) is 0 Å². The number of nitrogens with two attached hydrogens (primary N) is 1. The lowest BCUT2D eigenvalue weighted by molar-refractivity contribution is 0.232. The van der Waals surface area contributed by atoms with Crippen LogP contribution >= 0.6 is 0 Å². The molecule has 0 radical (unpaired) electrons. The lowest BCUT2D eigenvalue weighted by Crippen LogP contribution is -2.19. The highest BCUT2D eigenvalue weighted by Crippen LogP contribution is 2.24. The third-order valence-electron chi connectivity index (χ3n) is 3.67. The van der Waals surface area contributed by atoms with Gasteiger partial charge in [0.15, 0.2) is 5.84 Å². The fraction of sp³-hybridized carbons (Fsp3) is 0.625. The molecule has 1 aromatic heterocycles. The summed E-state index contributed by atoms with van der Waals surface area (Å²) in [6, 6.07) is 1.84. The molecular formula is C16H27N3O2. The predicted molar refractivity (Wildman–Crippen MR) is 85.0 cm³/mol. The van der Waals surface area contributed by atoms with Crippen LogP contribution in [0.5, 0.6) is 5.75 Å². The summed E-state index contributed by atoms with van der Waals surface area (Å²) in [4.78, 5) is 4.35. The van der Waals surface area contributed by atoms with Crippen molar-refractivity contribution >= 4 is 5.84 Å². The van der Waals surface area contributed by atoms with Crippen LogP contribution in [0.25, 0.3) is 0 Å². The number of pyridine rings is 1. The molecule has 0 saturated heterocycles. The second-order valence-corrected chi connectivity index (χ2v) is 5.43. The van der Waals surface area contributed by atoms with Crippen molar-refractivity contribution in [3.05, 3.63) is 23.0 Å². The zero-order valence-electron chi connectivity index (χ0n) is 13.5. The predicted octanol–water partition coefficient (Wildman–Crippen LogP) is 3.39. The first kappa shape index (κ1) is 17.3. The Labute approximate surface area is 127 Å². The Morgan fingerprint density at radius 1 is 1.43 bits per heavy atom. The first-order valence-electron chi connectivity index (χ1n) is 7.62. The van der Waals surface area contributed by atoms with Crippen molar-refractivity contribution in [2.24, 2.45) is 16.8 Å². The Morgan fingerprint density at radius 3 is 2.71 bits per heavy atom. The van der Waals surface area contributed by atoms with E-state index < -0.39 is 0 Å². The minimum atomic E-state index is 0.0385. The van der Waals surface area contributed by atoms with Gasteiger partial charge in [-0.3, -0.25) is 4.98 Å². The van der Waals surface area contributed by atoms with Gasteiger partial charge >= 0.3 is 0 Å². The topological polar surface area (TPSA) is 80.7 Å². The number of hydrogen-bond acceptors (Lipinski definition) is 4. The Kier molecular flexibility index (Phi) is 6.99. The average Bonchev–Trinajstić information content (AvgIpc) is 2.46. The van der Waals surface area contributed by atoms with E-state index >= 15 is 0 Å². The lowest BCUT2D eigenvalue weighted by Gasteiger charge is -2.18. The van der Waals surface area contributed by atoms with Crippen molar-refractivity contribution in [3.8, 4) is 5.75 Å². The molecule has 0 aromatic carbocycles. The molecule has 1 rings (SSSR count). The number of amidine groups is 1. The molecule has 0 aliphatic rings. The fourth-order valence-electron chi connectivity index (χ4n) is 2.37. The summed E-state index contributed by atoms with van der Waals surface area (Å²) in [5.74, 6) is 1.21. The first-order chi connectivity index (χ1) is 10.0. The van der Waals surface area contributed by atoms with Gasteiger partial charge in [0.05, 0.1) is 17.9 Å². The molecule has 0 spiro atoms. The van der Waals surface area contributed by atoms with E-state index in [2.05, 4.69) is 24.0 Å². The van der Waals surface area contributed by atoms with Gasteiger partial charge in [-0.25, -0.2) is 0 Å². The van der Waals surface area contributed by atoms with Gasteiger partial charge in [-0.1, -0.05) is 38.3 Å². The molecule has 1 atom stereocenters. The molecule has 118 valence electrons. The van der Waals surface area contributed by atoms with Gasteiger partial charge in [0.1, 0.15) is 5.75 Å². The molecule has 0 bridgehead atoms. The van der Waals surface area contributed by atoms with E-state index in [0.717, 1.165) is 18.5 Å². The summed E-state index contributed by atoms with van der Waals surface area (Å²) in [7, 11) is 0. The molecular weight excluding hydrogens is 266 g/mol. The number of nitrogens with zero attached hydrogens (tertiary/aromatic N) is 2. The number of unbranched alkanes of at least 4 members (excludes halogenated alkanes) is 1. The monoisotopic (exact) mass is 293 g/mol. The molecule has 21 heavy (non-hydrogen) atoms. The summed E-state index contributed by atoms with van der Waals surface area (Å²) < 4.78 is 5.96. The molecule has 1 heterocycles. The minimum absolute atomic E-state index is 0.0385. The van der Waals surface area contributed by atoms with Crippen LogP contribution in [0, 0.1) is 19.8 Å². The van der Waals surface area contributed by atoms with Crippen molar-refractivity contribution in [2.45, 2.75) is 53.4 Å². The maximum Gasteiger partial charge on any atom is 0.175 e. The van der Waals surface area contributed by atoms with E-state index in [1.807, 2.05) is 19.9 Å². The third kappa shape index (κ3) is 4.92. The smallest absolute Gasteiger partial charge is 0.175 e. The number of ether oxygens (including phenoxy) is 1. The lowest BCUT2D eigenvalue weighted by atomic mass is 10.0. The summed E-state index contributed by atoms with van der Waals surface area (Å²) in [6.45, 7) is 8.76. The van der Waals surface area contributed by atoms with E-state index in [-0.39, 0.29) is 5.84 Å². The van der Waals surface area contributed by atoms with Crippen LogP contribution in [0.3, 0.4) is 0 Å². The van der Waals surface area contributed by atoms with Crippen LogP contribution in [0.1, 0.15) is 56.5 Å². The van der Waals surface area contributed by atoms with Crippen molar-refractivity contribution in [2.75, 3.05) is 6.61 Å². The van der Waals surface area contributed by atoms with Crippen LogP contribution in [-0.4, -0.2) is 22.6 Å². The Hall–Kier alpha value is -1.78. The number of aromatic nitrogens is 1. The molecule has 1 aromatic rings. The standard InChI is InChI=1S/C16H27N3O2/c1-5-7-8-13(6-2)10-21-14-9-11(3)18-12(4)15(14)16(17)19-20/h9,13,20H,5-8,10H2,1-4H3,(H2,17,19). The summed E-state index contributed by atoms with van der Waals surface area (Å²) in [5, 5.41) is 12.0. The molecule has 0 amide bonds. The van der Waals surface area contributed by atoms with Crippen LogP contribution in [-0.2, 0) is 0 Å². The molecule has 3 N–H and O–H groups in total. The average molecular weight is 293 g/mol. The zero-order chi connectivity index (χ0) is 15.8. The maximum atomic E-state index is 8.93. The molecule has 1 unspecified atom stereocenters. The van der Waals surface area contributed by atoms with Crippen LogP contribution in [0.15, 0.2) is 11.2 Å². The van der Waals surface area contributed by atoms with E-state index in [9.17, 15) is 0 Å². The second kappa shape index (κ2) is 8.49. The maximum absolute atomic E-state index is 8.93. The van der Waals surface area contributed by atoms with E-state index in [4.69, 9.17) is 15.7 Å². The molecule has 5 heteroatoms. The van der Waals surface area contributed by atoms with E-state index in [1.165, 1.54) is 12.8 Å².